The molecule has 2 aliphatic rings. The Bertz CT molecular complexity index is 988. The average molecular weight is 456 g/mol. The fourth-order valence-electron chi connectivity index (χ4n) is 4.12. The number of benzene rings is 1. The number of halogens is 3. The summed E-state index contributed by atoms with van der Waals surface area (Å²) in [5.74, 6) is 0.606. The van der Waals surface area contributed by atoms with Crippen LogP contribution in [0.2, 0.25) is 15.1 Å². The number of ether oxygens (including phenoxy) is 1. The highest BCUT2D eigenvalue weighted by Crippen LogP contribution is 2.41. The Morgan fingerprint density at radius 1 is 1.28 bits per heavy atom. The number of nitrogens with one attached hydrogen (secondary N) is 1. The molecule has 1 saturated heterocycles. The second kappa shape index (κ2) is 8.19. The number of carbonyl (C=O) groups excluding carboxylic acids is 1. The molecule has 0 aliphatic carbocycles. The van der Waals surface area contributed by atoms with Gasteiger partial charge in [-0.2, -0.15) is 5.10 Å². The molecule has 0 bridgehead atoms. The molecule has 0 radical (unpaired) electrons. The summed E-state index contributed by atoms with van der Waals surface area (Å²) in [6, 6.07) is 4.96. The van der Waals surface area contributed by atoms with Gasteiger partial charge in [0.25, 0.3) is 5.91 Å². The lowest BCUT2D eigenvalue weighted by molar-refractivity contribution is -0.129. The predicted molar refractivity (Wildman–Crippen MR) is 115 cm³/mol. The van der Waals surface area contributed by atoms with E-state index in [1.807, 2.05) is 17.9 Å². The number of hydrogen-bond donors (Lipinski definition) is 1. The Morgan fingerprint density at radius 3 is 2.79 bits per heavy atom. The van der Waals surface area contributed by atoms with E-state index in [1.165, 1.54) is 0 Å². The zero-order valence-electron chi connectivity index (χ0n) is 16.1. The van der Waals surface area contributed by atoms with Crippen molar-refractivity contribution in [3.05, 3.63) is 56.3 Å². The number of hydrogen-bond acceptors (Lipinski definition) is 4. The molecule has 154 valence electrons. The lowest BCUT2D eigenvalue weighted by Crippen LogP contribution is -2.42. The van der Waals surface area contributed by atoms with E-state index < -0.39 is 6.04 Å². The molecule has 1 fully saturated rings. The third kappa shape index (κ3) is 3.63. The molecule has 3 heterocycles. The summed E-state index contributed by atoms with van der Waals surface area (Å²) in [4.78, 5) is 15.6. The van der Waals surface area contributed by atoms with E-state index >= 15 is 0 Å². The molecule has 1 aromatic heterocycles. The summed E-state index contributed by atoms with van der Waals surface area (Å²) in [5, 5.41) is 9.04. The van der Waals surface area contributed by atoms with E-state index in [1.54, 1.807) is 30.1 Å². The smallest absolute Gasteiger partial charge is 0.254 e. The van der Waals surface area contributed by atoms with Gasteiger partial charge >= 0.3 is 0 Å². The second-order valence-corrected chi connectivity index (χ2v) is 8.50. The highest BCUT2D eigenvalue weighted by atomic mass is 35.5. The van der Waals surface area contributed by atoms with Crippen LogP contribution in [0.3, 0.4) is 0 Å². The third-order valence-electron chi connectivity index (χ3n) is 5.47. The van der Waals surface area contributed by atoms with Crippen LogP contribution < -0.4 is 5.32 Å². The maximum absolute atomic E-state index is 13.7. The number of carbonyl (C=O) groups is 1. The van der Waals surface area contributed by atoms with E-state index in [9.17, 15) is 4.79 Å². The molecule has 0 saturated carbocycles. The number of rotatable bonds is 4. The minimum atomic E-state index is -0.468. The first-order chi connectivity index (χ1) is 13.9. The van der Waals surface area contributed by atoms with Gasteiger partial charge in [0.15, 0.2) is 0 Å². The molecule has 9 heteroatoms. The summed E-state index contributed by atoms with van der Waals surface area (Å²) in [6.07, 6.45) is 3.45. The molecule has 2 atom stereocenters. The Balaban J connectivity index is 1.81. The number of nitrogens with zero attached hydrogens (tertiary/aromatic N) is 3. The molecule has 29 heavy (non-hydrogen) atoms. The maximum Gasteiger partial charge on any atom is 0.254 e. The quantitative estimate of drug-likeness (QED) is 0.721. The Morgan fingerprint density at radius 2 is 2.07 bits per heavy atom. The van der Waals surface area contributed by atoms with E-state index in [2.05, 4.69) is 10.4 Å². The predicted octanol–water partition coefficient (Wildman–Crippen LogP) is 4.77. The van der Waals surface area contributed by atoms with Crippen LogP contribution in [0.4, 0.5) is 5.82 Å². The van der Waals surface area contributed by atoms with Crippen LogP contribution in [0.5, 0.6) is 0 Å². The Hall–Kier alpha value is -1.73. The van der Waals surface area contributed by atoms with Crippen molar-refractivity contribution in [1.82, 2.24) is 14.7 Å². The third-order valence-corrected chi connectivity index (χ3v) is 6.48. The van der Waals surface area contributed by atoms with Crippen molar-refractivity contribution in [3.63, 3.8) is 0 Å². The lowest BCUT2D eigenvalue weighted by Gasteiger charge is -2.33. The van der Waals surface area contributed by atoms with Gasteiger partial charge in [-0.25, -0.2) is 4.68 Å². The van der Waals surface area contributed by atoms with Crippen molar-refractivity contribution in [2.45, 2.75) is 31.8 Å². The van der Waals surface area contributed by atoms with Crippen LogP contribution in [0.25, 0.3) is 0 Å². The van der Waals surface area contributed by atoms with Crippen molar-refractivity contribution in [3.8, 4) is 0 Å². The first-order valence-corrected chi connectivity index (χ1v) is 10.5. The number of amides is 1. The van der Waals surface area contributed by atoms with Crippen molar-refractivity contribution in [1.29, 1.82) is 0 Å². The molecule has 4 rings (SSSR count). The SMILES string of the molecule is COC[C@@H]1CCCN1C(=O)C1=C(C)Nc2c(Cl)cnn2C1c1ccc(Cl)c(Cl)c1. The van der Waals surface area contributed by atoms with Crippen molar-refractivity contribution >= 4 is 46.5 Å². The maximum atomic E-state index is 13.7. The zero-order valence-corrected chi connectivity index (χ0v) is 18.4. The van der Waals surface area contributed by atoms with Gasteiger partial charge < -0.3 is 15.0 Å². The number of methoxy groups -OCH3 is 1. The average Bonchev–Trinajstić information content (AvgIpc) is 3.30. The molecule has 6 nitrogen and oxygen atoms in total. The van der Waals surface area contributed by atoms with Crippen LogP contribution in [0.15, 0.2) is 35.7 Å². The number of anilines is 1. The van der Waals surface area contributed by atoms with Gasteiger partial charge in [0.2, 0.25) is 0 Å². The van der Waals surface area contributed by atoms with Gasteiger partial charge in [0, 0.05) is 19.4 Å². The summed E-state index contributed by atoms with van der Waals surface area (Å²) in [5.41, 5.74) is 2.16. The van der Waals surface area contributed by atoms with E-state index in [0.29, 0.717) is 39.6 Å². The molecular weight excluding hydrogens is 435 g/mol. The number of allylic oxidation sites excluding steroid dienone is 1. The molecule has 1 unspecified atom stereocenters. The highest BCUT2D eigenvalue weighted by molar-refractivity contribution is 6.42. The first-order valence-electron chi connectivity index (χ1n) is 9.38. The number of fused-ring (bicyclic) bond motifs is 1. The summed E-state index contributed by atoms with van der Waals surface area (Å²) in [7, 11) is 1.66. The van der Waals surface area contributed by atoms with Crippen molar-refractivity contribution in [2.24, 2.45) is 0 Å². The topological polar surface area (TPSA) is 59.4 Å². The van der Waals surface area contributed by atoms with Gasteiger partial charge in [-0.15, -0.1) is 0 Å². The lowest BCUT2D eigenvalue weighted by atomic mass is 9.94. The Labute approximate surface area is 184 Å². The molecule has 2 aliphatic heterocycles. The van der Waals surface area contributed by atoms with Crippen molar-refractivity contribution < 1.29 is 9.53 Å². The summed E-state index contributed by atoms with van der Waals surface area (Å²) >= 11 is 18.7. The Kier molecular flexibility index (Phi) is 5.80. The van der Waals surface area contributed by atoms with Gasteiger partial charge in [-0.1, -0.05) is 40.9 Å². The normalized spacial score (nSPS) is 21.3. The van der Waals surface area contributed by atoms with Gasteiger partial charge in [0.05, 0.1) is 34.5 Å². The standard InChI is InChI=1S/C20H21Cl3N4O2/c1-11-17(20(28)26-7-3-4-13(26)10-29-2)18(12-5-6-14(21)15(22)8-12)27-19(25-11)16(23)9-24-27/h5-6,8-9,13,18,25H,3-4,7,10H2,1-2H3/t13-,18?/m0/s1. The van der Waals surface area contributed by atoms with Gasteiger partial charge in [0.1, 0.15) is 16.9 Å². The molecule has 2 aromatic rings. The molecule has 0 spiro atoms. The van der Waals surface area contributed by atoms with Gasteiger partial charge in [-0.05, 0) is 37.5 Å². The van der Waals surface area contributed by atoms with E-state index in [-0.39, 0.29) is 11.9 Å². The molecule has 1 N–H and O–H groups in total. The monoisotopic (exact) mass is 454 g/mol. The van der Waals surface area contributed by atoms with Crippen molar-refractivity contribution in [2.75, 3.05) is 25.6 Å². The molecule has 1 aromatic carbocycles. The van der Waals surface area contributed by atoms with E-state index in [4.69, 9.17) is 39.5 Å². The zero-order chi connectivity index (χ0) is 20.7. The number of likely N-dealkylation sites (tertiary alicyclic amines) is 1. The fraction of sp³-hybridized carbons (Fsp3) is 0.400. The minimum Gasteiger partial charge on any atom is -0.383 e. The van der Waals surface area contributed by atoms with E-state index in [0.717, 1.165) is 24.1 Å². The number of aromatic nitrogens is 2. The van der Waals surface area contributed by atoms with Crippen LogP contribution in [-0.4, -0.2) is 46.9 Å². The molecule has 1 amide bonds. The van der Waals surface area contributed by atoms with Crippen LogP contribution in [0, 0.1) is 0 Å². The van der Waals surface area contributed by atoms with Crippen LogP contribution >= 0.6 is 34.8 Å². The van der Waals surface area contributed by atoms with Crippen LogP contribution in [-0.2, 0) is 9.53 Å². The van der Waals surface area contributed by atoms with Gasteiger partial charge in [-0.3, -0.25) is 4.79 Å². The summed E-state index contributed by atoms with van der Waals surface area (Å²) in [6.45, 7) is 3.10. The van der Waals surface area contributed by atoms with Crippen LogP contribution in [0.1, 0.15) is 31.4 Å². The molecular formula is C20H21Cl3N4O2. The summed E-state index contributed by atoms with van der Waals surface area (Å²) < 4.78 is 7.05. The first kappa shape index (κ1) is 20.5. The fourth-order valence-corrected chi connectivity index (χ4v) is 4.60. The second-order valence-electron chi connectivity index (χ2n) is 7.28. The largest absolute Gasteiger partial charge is 0.383 e. The minimum absolute atomic E-state index is 0.0390. The highest BCUT2D eigenvalue weighted by Gasteiger charge is 2.39.